The Morgan fingerprint density at radius 2 is 1.97 bits per heavy atom. The molecule has 1 saturated carbocycles. The van der Waals surface area contributed by atoms with Crippen LogP contribution >= 0.6 is 13.5 Å². The van der Waals surface area contributed by atoms with Crippen LogP contribution in [0.15, 0.2) is 42.7 Å². The maximum absolute atomic E-state index is 11.9. The molecule has 5 rings (SSSR count). The van der Waals surface area contributed by atoms with Crippen molar-refractivity contribution in [3.63, 3.8) is 0 Å². The summed E-state index contributed by atoms with van der Waals surface area (Å²) < 4.78 is 36.8. The number of pyridine rings is 1. The van der Waals surface area contributed by atoms with Crippen LogP contribution in [0, 0.1) is 11.3 Å². The normalized spacial score (nSPS) is 19.7. The van der Waals surface area contributed by atoms with Crippen LogP contribution in [-0.2, 0) is 20.2 Å². The molecule has 1 aliphatic carbocycles. The zero-order valence-corrected chi connectivity index (χ0v) is 20.5. The Bertz CT molecular complexity index is 1340. The standard InChI is InChI=1S/C23H23N5O4S.H2S/c1-33(29,30)28-10-11-31-18(13-28)14-32-22-21-20(25-8-9-26-21)12-19(27-22)16-2-4-17(5-3-16)23(15-24)6-7-23;/h2-5,8-9,12,18H,6-7,10-11,13-14H2,1H3;1H2/t18-;/m0./s1. The highest BCUT2D eigenvalue weighted by molar-refractivity contribution is 7.88. The van der Waals surface area contributed by atoms with E-state index in [1.807, 2.05) is 30.3 Å². The van der Waals surface area contributed by atoms with Crippen molar-refractivity contribution >= 4 is 34.6 Å². The van der Waals surface area contributed by atoms with Gasteiger partial charge in [-0.1, -0.05) is 24.3 Å². The molecule has 11 heteroatoms. The van der Waals surface area contributed by atoms with E-state index in [0.717, 1.165) is 24.0 Å². The zero-order valence-electron chi connectivity index (χ0n) is 18.6. The Labute approximate surface area is 205 Å². The van der Waals surface area contributed by atoms with Crippen LogP contribution in [0.4, 0.5) is 0 Å². The molecular weight excluding hydrogens is 474 g/mol. The second-order valence-corrected chi connectivity index (χ2v) is 10.4. The summed E-state index contributed by atoms with van der Waals surface area (Å²) in [5.74, 6) is 0.315. The fraction of sp³-hybridized carbons (Fsp3) is 0.391. The highest BCUT2D eigenvalue weighted by Crippen LogP contribution is 2.47. The summed E-state index contributed by atoms with van der Waals surface area (Å²) in [6, 6.07) is 12.1. The molecule has 0 spiro atoms. The predicted molar refractivity (Wildman–Crippen MR) is 131 cm³/mol. The molecule has 0 bridgehead atoms. The Morgan fingerprint density at radius 3 is 2.65 bits per heavy atom. The monoisotopic (exact) mass is 499 g/mol. The van der Waals surface area contributed by atoms with Crippen molar-refractivity contribution in [1.29, 1.82) is 5.26 Å². The van der Waals surface area contributed by atoms with E-state index in [2.05, 4.69) is 21.0 Å². The van der Waals surface area contributed by atoms with Crippen LogP contribution in [0.25, 0.3) is 22.3 Å². The van der Waals surface area contributed by atoms with E-state index in [0.29, 0.717) is 35.8 Å². The third-order valence-electron chi connectivity index (χ3n) is 6.10. The smallest absolute Gasteiger partial charge is 0.242 e. The average Bonchev–Trinajstić information content (AvgIpc) is 3.63. The molecular formula is C23H25N5O4S2. The summed E-state index contributed by atoms with van der Waals surface area (Å²) in [6.45, 7) is 1.01. The summed E-state index contributed by atoms with van der Waals surface area (Å²) in [4.78, 5) is 13.4. The molecule has 9 nitrogen and oxygen atoms in total. The highest BCUT2D eigenvalue weighted by atomic mass is 32.2. The van der Waals surface area contributed by atoms with Gasteiger partial charge in [0.05, 0.1) is 35.6 Å². The van der Waals surface area contributed by atoms with Gasteiger partial charge in [0.2, 0.25) is 15.9 Å². The topological polar surface area (TPSA) is 118 Å². The van der Waals surface area contributed by atoms with Crippen LogP contribution in [-0.4, -0.2) is 66.3 Å². The van der Waals surface area contributed by atoms with Gasteiger partial charge in [-0.2, -0.15) is 23.1 Å². The van der Waals surface area contributed by atoms with Crippen molar-refractivity contribution in [3.05, 3.63) is 48.3 Å². The lowest BCUT2D eigenvalue weighted by Crippen LogP contribution is -2.47. The van der Waals surface area contributed by atoms with E-state index in [9.17, 15) is 13.7 Å². The van der Waals surface area contributed by atoms with Gasteiger partial charge in [-0.3, -0.25) is 4.98 Å². The van der Waals surface area contributed by atoms with E-state index >= 15 is 0 Å². The van der Waals surface area contributed by atoms with Gasteiger partial charge < -0.3 is 9.47 Å². The maximum Gasteiger partial charge on any atom is 0.242 e. The molecule has 2 aromatic heterocycles. The number of hydrogen-bond acceptors (Lipinski definition) is 8. The minimum Gasteiger partial charge on any atom is -0.473 e. The minimum atomic E-state index is -3.29. The molecule has 0 unspecified atom stereocenters. The van der Waals surface area contributed by atoms with Gasteiger partial charge in [0.15, 0.2) is 5.52 Å². The van der Waals surface area contributed by atoms with Gasteiger partial charge in [0.1, 0.15) is 12.7 Å². The predicted octanol–water partition coefficient (Wildman–Crippen LogP) is 2.40. The van der Waals surface area contributed by atoms with Gasteiger partial charge in [0, 0.05) is 31.0 Å². The van der Waals surface area contributed by atoms with Gasteiger partial charge in [0.25, 0.3) is 0 Å². The number of fused-ring (bicyclic) bond motifs is 1. The van der Waals surface area contributed by atoms with Gasteiger partial charge >= 0.3 is 0 Å². The second-order valence-electron chi connectivity index (χ2n) is 8.43. The van der Waals surface area contributed by atoms with Crippen molar-refractivity contribution in [3.8, 4) is 23.2 Å². The van der Waals surface area contributed by atoms with Crippen LogP contribution < -0.4 is 4.74 Å². The number of nitrogens with zero attached hydrogens (tertiary/aromatic N) is 5. The first-order valence-corrected chi connectivity index (χ1v) is 12.6. The van der Waals surface area contributed by atoms with Crippen LogP contribution in [0.3, 0.4) is 0 Å². The summed E-state index contributed by atoms with van der Waals surface area (Å²) in [6.07, 6.45) is 5.75. The lowest BCUT2D eigenvalue weighted by Gasteiger charge is -2.30. The summed E-state index contributed by atoms with van der Waals surface area (Å²) in [5, 5.41) is 9.44. The average molecular weight is 500 g/mol. The molecule has 3 heterocycles. The maximum atomic E-state index is 11.9. The molecule has 0 radical (unpaired) electrons. The molecule has 1 saturated heterocycles. The molecule has 178 valence electrons. The van der Waals surface area contributed by atoms with E-state index in [1.165, 1.54) is 10.6 Å². The van der Waals surface area contributed by atoms with E-state index < -0.39 is 16.1 Å². The number of hydrogen-bond donors (Lipinski definition) is 0. The lowest BCUT2D eigenvalue weighted by atomic mass is 9.96. The van der Waals surface area contributed by atoms with Gasteiger partial charge in [-0.05, 0) is 24.5 Å². The quantitative estimate of drug-likeness (QED) is 0.507. The van der Waals surface area contributed by atoms with Crippen molar-refractivity contribution in [2.45, 2.75) is 24.4 Å². The van der Waals surface area contributed by atoms with Crippen molar-refractivity contribution in [1.82, 2.24) is 19.3 Å². The molecule has 1 atom stereocenters. The van der Waals surface area contributed by atoms with E-state index in [4.69, 9.17) is 9.47 Å². The summed E-state index contributed by atoms with van der Waals surface area (Å²) in [7, 11) is -3.29. The fourth-order valence-electron chi connectivity index (χ4n) is 4.01. The molecule has 1 aliphatic heterocycles. The number of ether oxygens (including phenoxy) is 2. The third kappa shape index (κ3) is 4.86. The Balaban J connectivity index is 0.00000274. The van der Waals surface area contributed by atoms with Gasteiger partial charge in [-0.25, -0.2) is 18.4 Å². The Kier molecular flexibility index (Phi) is 6.78. The van der Waals surface area contributed by atoms with Crippen molar-refractivity contribution in [2.24, 2.45) is 0 Å². The SMILES string of the molecule is CS(=O)(=O)N1CCO[C@H](COc2nc(-c3ccc(C4(C#N)CC4)cc3)cc3nccnc23)C1.S. The third-order valence-corrected chi connectivity index (χ3v) is 7.37. The van der Waals surface area contributed by atoms with Crippen molar-refractivity contribution in [2.75, 3.05) is 32.6 Å². The van der Waals surface area contributed by atoms with Crippen LogP contribution in [0.2, 0.25) is 0 Å². The first-order chi connectivity index (χ1) is 15.9. The summed E-state index contributed by atoms with van der Waals surface area (Å²) in [5.41, 5.74) is 3.40. The first-order valence-electron chi connectivity index (χ1n) is 10.7. The molecule has 0 amide bonds. The fourth-order valence-corrected chi connectivity index (χ4v) is 4.85. The van der Waals surface area contributed by atoms with E-state index in [1.54, 1.807) is 12.4 Å². The van der Waals surface area contributed by atoms with Gasteiger partial charge in [-0.15, -0.1) is 0 Å². The highest BCUT2D eigenvalue weighted by Gasteiger charge is 2.44. The number of nitriles is 1. The molecule has 3 aromatic rings. The van der Waals surface area contributed by atoms with E-state index in [-0.39, 0.29) is 32.1 Å². The zero-order chi connectivity index (χ0) is 23.1. The summed E-state index contributed by atoms with van der Waals surface area (Å²) >= 11 is 0. The Hall–Kier alpha value is -2.78. The first kappa shape index (κ1) is 24.3. The number of rotatable bonds is 6. The Morgan fingerprint density at radius 1 is 1.24 bits per heavy atom. The number of benzene rings is 1. The molecule has 0 N–H and O–H groups in total. The van der Waals surface area contributed by atoms with Crippen molar-refractivity contribution < 1.29 is 17.9 Å². The number of sulfonamides is 1. The number of morpholine rings is 1. The lowest BCUT2D eigenvalue weighted by molar-refractivity contribution is -0.0252. The second kappa shape index (κ2) is 9.46. The van der Waals surface area contributed by atoms with Crippen LogP contribution in [0.5, 0.6) is 5.88 Å². The molecule has 1 aromatic carbocycles. The van der Waals surface area contributed by atoms with Crippen LogP contribution in [0.1, 0.15) is 18.4 Å². The minimum absolute atomic E-state index is 0. The number of aromatic nitrogens is 3. The largest absolute Gasteiger partial charge is 0.473 e. The molecule has 2 fully saturated rings. The molecule has 2 aliphatic rings. The molecule has 34 heavy (non-hydrogen) atoms.